The number of anilines is 1. The molecule has 0 bridgehead atoms. The molecule has 1 N–H and O–H groups in total. The highest BCUT2D eigenvalue weighted by Crippen LogP contribution is 2.24. The summed E-state index contributed by atoms with van der Waals surface area (Å²) in [5.41, 5.74) is 2.19. The number of halogens is 1. The van der Waals surface area contributed by atoms with Crippen molar-refractivity contribution in [2.75, 3.05) is 12.4 Å². The SMILES string of the molecule is CCCCn1nc(C)c(/C=C/C(=O)Nc2ccccc2OC)c1Cl. The molecule has 1 aromatic carbocycles. The number of aromatic nitrogens is 2. The summed E-state index contributed by atoms with van der Waals surface area (Å²) in [6.07, 6.45) is 5.23. The van der Waals surface area contributed by atoms with Crippen molar-refractivity contribution in [2.45, 2.75) is 33.2 Å². The maximum Gasteiger partial charge on any atom is 0.248 e. The van der Waals surface area contributed by atoms with Crippen molar-refractivity contribution in [3.63, 3.8) is 0 Å². The number of amides is 1. The Kier molecular flexibility index (Phi) is 6.44. The predicted octanol–water partition coefficient (Wildman–Crippen LogP) is 4.31. The Morgan fingerprint density at radius 2 is 2.17 bits per heavy atom. The number of ether oxygens (including phenoxy) is 1. The van der Waals surface area contributed by atoms with Crippen molar-refractivity contribution >= 4 is 29.3 Å². The highest BCUT2D eigenvalue weighted by Gasteiger charge is 2.11. The summed E-state index contributed by atoms with van der Waals surface area (Å²) in [6.45, 7) is 4.77. The first-order valence-corrected chi connectivity index (χ1v) is 8.29. The molecule has 0 saturated carbocycles. The topological polar surface area (TPSA) is 56.2 Å². The molecule has 6 heteroatoms. The van der Waals surface area contributed by atoms with Crippen LogP contribution in [-0.2, 0) is 11.3 Å². The molecule has 0 radical (unpaired) electrons. The lowest BCUT2D eigenvalue weighted by Crippen LogP contribution is -2.08. The van der Waals surface area contributed by atoms with Gasteiger partial charge in [-0.25, -0.2) is 0 Å². The van der Waals surface area contributed by atoms with Crippen LogP contribution in [0.1, 0.15) is 31.0 Å². The summed E-state index contributed by atoms with van der Waals surface area (Å²) < 4.78 is 6.99. The molecule has 0 aliphatic heterocycles. The summed E-state index contributed by atoms with van der Waals surface area (Å²) in [5, 5.41) is 7.77. The number of para-hydroxylation sites is 2. The van der Waals surface area contributed by atoms with Crippen molar-refractivity contribution < 1.29 is 9.53 Å². The highest BCUT2D eigenvalue weighted by atomic mass is 35.5. The molecule has 24 heavy (non-hydrogen) atoms. The van der Waals surface area contributed by atoms with E-state index in [0.717, 1.165) is 30.6 Å². The maximum absolute atomic E-state index is 12.1. The quantitative estimate of drug-likeness (QED) is 0.759. The van der Waals surface area contributed by atoms with Crippen LogP contribution in [0.3, 0.4) is 0 Å². The smallest absolute Gasteiger partial charge is 0.248 e. The number of methoxy groups -OCH3 is 1. The van der Waals surface area contributed by atoms with Gasteiger partial charge in [0.25, 0.3) is 0 Å². The van der Waals surface area contributed by atoms with Crippen LogP contribution in [0, 0.1) is 6.92 Å². The second-order valence-corrected chi connectivity index (χ2v) is 5.75. The van der Waals surface area contributed by atoms with E-state index in [9.17, 15) is 4.79 Å². The zero-order valence-electron chi connectivity index (χ0n) is 14.2. The van der Waals surface area contributed by atoms with Gasteiger partial charge in [0.15, 0.2) is 0 Å². The van der Waals surface area contributed by atoms with Gasteiger partial charge in [0, 0.05) is 18.2 Å². The minimum absolute atomic E-state index is 0.253. The van der Waals surface area contributed by atoms with E-state index in [1.165, 1.54) is 6.08 Å². The number of hydrogen-bond acceptors (Lipinski definition) is 3. The molecule has 0 aliphatic rings. The molecular formula is C18H22ClN3O2. The second-order valence-electron chi connectivity index (χ2n) is 5.39. The average Bonchev–Trinajstić information content (AvgIpc) is 2.85. The van der Waals surface area contributed by atoms with E-state index >= 15 is 0 Å². The van der Waals surface area contributed by atoms with E-state index in [4.69, 9.17) is 16.3 Å². The monoisotopic (exact) mass is 347 g/mol. The molecule has 128 valence electrons. The van der Waals surface area contributed by atoms with Gasteiger partial charge in [-0.15, -0.1) is 0 Å². The van der Waals surface area contributed by atoms with E-state index in [1.54, 1.807) is 30.0 Å². The molecule has 0 saturated heterocycles. The lowest BCUT2D eigenvalue weighted by Gasteiger charge is -2.07. The van der Waals surface area contributed by atoms with Crippen LogP contribution < -0.4 is 10.1 Å². The molecule has 1 amide bonds. The van der Waals surface area contributed by atoms with Gasteiger partial charge in [-0.1, -0.05) is 37.1 Å². The number of benzene rings is 1. The second kappa shape index (κ2) is 8.55. The zero-order chi connectivity index (χ0) is 17.5. The first-order chi connectivity index (χ1) is 11.6. The molecule has 0 spiro atoms. The molecular weight excluding hydrogens is 326 g/mol. The number of unbranched alkanes of at least 4 members (excludes halogenated alkanes) is 1. The van der Waals surface area contributed by atoms with Crippen LogP contribution in [0.2, 0.25) is 5.15 Å². The zero-order valence-corrected chi connectivity index (χ0v) is 14.9. The van der Waals surface area contributed by atoms with Gasteiger partial charge in [0.1, 0.15) is 10.9 Å². The van der Waals surface area contributed by atoms with E-state index in [0.29, 0.717) is 16.6 Å². The fraction of sp³-hybridized carbons (Fsp3) is 0.333. The van der Waals surface area contributed by atoms with Gasteiger partial charge in [-0.05, 0) is 31.6 Å². The first-order valence-electron chi connectivity index (χ1n) is 7.91. The van der Waals surface area contributed by atoms with Gasteiger partial charge in [0.2, 0.25) is 5.91 Å². The van der Waals surface area contributed by atoms with Crippen molar-refractivity contribution in [1.82, 2.24) is 9.78 Å². The Bertz CT molecular complexity index is 738. The Hall–Kier alpha value is -2.27. The van der Waals surface area contributed by atoms with Crippen molar-refractivity contribution in [3.05, 3.63) is 46.8 Å². The van der Waals surface area contributed by atoms with Gasteiger partial charge in [-0.3, -0.25) is 9.48 Å². The number of nitrogens with one attached hydrogen (secondary N) is 1. The summed E-state index contributed by atoms with van der Waals surface area (Å²) in [6, 6.07) is 7.25. The molecule has 1 heterocycles. The molecule has 1 aromatic heterocycles. The third-order valence-corrected chi connectivity index (χ3v) is 4.00. The van der Waals surface area contributed by atoms with Crippen LogP contribution in [0.15, 0.2) is 30.3 Å². The van der Waals surface area contributed by atoms with Crippen LogP contribution in [0.4, 0.5) is 5.69 Å². The van der Waals surface area contributed by atoms with Gasteiger partial charge < -0.3 is 10.1 Å². The Balaban J connectivity index is 2.10. The number of carbonyl (C=O) groups is 1. The largest absolute Gasteiger partial charge is 0.495 e. The van der Waals surface area contributed by atoms with Crippen LogP contribution in [-0.4, -0.2) is 22.8 Å². The van der Waals surface area contributed by atoms with Gasteiger partial charge in [-0.2, -0.15) is 5.10 Å². The van der Waals surface area contributed by atoms with Crippen LogP contribution in [0.5, 0.6) is 5.75 Å². The Morgan fingerprint density at radius 1 is 1.42 bits per heavy atom. The number of rotatable bonds is 7. The Morgan fingerprint density at radius 3 is 2.88 bits per heavy atom. The lowest BCUT2D eigenvalue weighted by atomic mass is 10.2. The predicted molar refractivity (Wildman–Crippen MR) is 97.5 cm³/mol. The molecule has 0 atom stereocenters. The van der Waals surface area contributed by atoms with Crippen molar-refractivity contribution in [1.29, 1.82) is 0 Å². The number of carbonyl (C=O) groups excluding carboxylic acids is 1. The summed E-state index contributed by atoms with van der Waals surface area (Å²) in [7, 11) is 1.56. The highest BCUT2D eigenvalue weighted by molar-refractivity contribution is 6.31. The fourth-order valence-corrected chi connectivity index (χ4v) is 2.62. The molecule has 2 rings (SSSR count). The summed E-state index contributed by atoms with van der Waals surface area (Å²) in [4.78, 5) is 12.1. The van der Waals surface area contributed by atoms with Crippen molar-refractivity contribution in [2.24, 2.45) is 0 Å². The van der Waals surface area contributed by atoms with Crippen LogP contribution in [0.25, 0.3) is 6.08 Å². The third kappa shape index (κ3) is 4.38. The minimum atomic E-state index is -0.253. The minimum Gasteiger partial charge on any atom is -0.495 e. The fourth-order valence-electron chi connectivity index (χ4n) is 2.29. The first kappa shape index (κ1) is 18.1. The molecule has 5 nitrogen and oxygen atoms in total. The molecule has 0 unspecified atom stereocenters. The molecule has 2 aromatic rings. The van der Waals surface area contributed by atoms with Crippen LogP contribution >= 0.6 is 11.6 Å². The van der Waals surface area contributed by atoms with E-state index < -0.39 is 0 Å². The standard InChI is InChI=1S/C18H22ClN3O2/c1-4-5-12-22-18(19)14(13(2)21-22)10-11-17(23)20-15-8-6-7-9-16(15)24-3/h6-11H,4-5,12H2,1-3H3,(H,20,23)/b11-10+. The number of nitrogens with zero attached hydrogens (tertiary/aromatic N) is 2. The number of aryl methyl sites for hydroxylation is 2. The van der Waals surface area contributed by atoms with Gasteiger partial charge >= 0.3 is 0 Å². The van der Waals surface area contributed by atoms with Gasteiger partial charge in [0.05, 0.1) is 18.5 Å². The molecule has 0 fully saturated rings. The third-order valence-electron chi connectivity index (χ3n) is 3.60. The van der Waals surface area contributed by atoms with Crippen molar-refractivity contribution in [3.8, 4) is 5.75 Å². The average molecular weight is 348 g/mol. The lowest BCUT2D eigenvalue weighted by molar-refractivity contribution is -0.111. The summed E-state index contributed by atoms with van der Waals surface area (Å²) >= 11 is 6.35. The van der Waals surface area contributed by atoms with E-state index in [2.05, 4.69) is 17.3 Å². The summed E-state index contributed by atoms with van der Waals surface area (Å²) in [5.74, 6) is 0.358. The van der Waals surface area contributed by atoms with E-state index in [1.807, 2.05) is 19.1 Å². The maximum atomic E-state index is 12.1. The normalized spacial score (nSPS) is 11.0. The van der Waals surface area contributed by atoms with E-state index in [-0.39, 0.29) is 5.91 Å². The molecule has 0 aliphatic carbocycles. The Labute approximate surface area is 147 Å². The number of hydrogen-bond donors (Lipinski definition) is 1.